The number of benzene rings is 1. The average Bonchev–Trinajstić information content (AvgIpc) is 3.22. The molecule has 1 aromatic heterocycles. The predicted molar refractivity (Wildman–Crippen MR) is 127 cm³/mol. The number of carbonyl (C=O) groups excluding carboxylic acids is 3. The molecule has 0 saturated carbocycles. The van der Waals surface area contributed by atoms with Crippen molar-refractivity contribution in [2.75, 3.05) is 0 Å². The van der Waals surface area contributed by atoms with Gasteiger partial charge in [0.05, 0.1) is 5.56 Å². The zero-order valence-corrected chi connectivity index (χ0v) is 19.6. The fourth-order valence-electron chi connectivity index (χ4n) is 5.85. The second kappa shape index (κ2) is 8.35. The summed E-state index contributed by atoms with van der Waals surface area (Å²) >= 11 is 0. The van der Waals surface area contributed by atoms with E-state index in [-0.39, 0.29) is 36.1 Å². The summed E-state index contributed by atoms with van der Waals surface area (Å²) in [4.78, 5) is 38.3. The molecule has 1 amide bonds. The first-order valence-corrected chi connectivity index (χ1v) is 11.7. The minimum Gasteiger partial charge on any atom is -0.511 e. The lowest BCUT2D eigenvalue weighted by Crippen LogP contribution is -2.57. The molecule has 1 heterocycles. The van der Waals surface area contributed by atoms with Crippen LogP contribution in [0.4, 0.5) is 0 Å². The highest BCUT2D eigenvalue weighted by Crippen LogP contribution is 2.51. The van der Waals surface area contributed by atoms with Gasteiger partial charge in [-0.3, -0.25) is 14.4 Å². The maximum atomic E-state index is 13.6. The molecule has 0 spiro atoms. The van der Waals surface area contributed by atoms with Gasteiger partial charge in [0, 0.05) is 49.9 Å². The number of primary amides is 1. The normalized spacial score (nSPS) is 25.5. The fraction of sp³-hybridized carbons (Fsp3) is 0.346. The van der Waals surface area contributed by atoms with Crippen LogP contribution in [0.1, 0.15) is 40.0 Å². The van der Waals surface area contributed by atoms with Gasteiger partial charge < -0.3 is 36.0 Å². The molecule has 7 N–H and O–H groups in total. The van der Waals surface area contributed by atoms with Gasteiger partial charge in [-0.05, 0) is 48.1 Å². The number of Topliss-reactive ketones (excluding diaryl/α,β-unsaturated/α-hetero) is 2. The summed E-state index contributed by atoms with van der Waals surface area (Å²) in [6.07, 6.45) is 2.08. The molecular formula is C26H27N3O7. The molecule has 3 aliphatic carbocycles. The van der Waals surface area contributed by atoms with Crippen LogP contribution in [0.2, 0.25) is 0 Å². The number of aromatic nitrogens is 1. The number of carbonyl (C=O) groups is 3. The largest absolute Gasteiger partial charge is 0.511 e. The van der Waals surface area contributed by atoms with E-state index >= 15 is 0 Å². The van der Waals surface area contributed by atoms with Crippen molar-refractivity contribution in [1.82, 2.24) is 9.88 Å². The van der Waals surface area contributed by atoms with Crippen molar-refractivity contribution in [3.63, 3.8) is 0 Å². The zero-order chi connectivity index (χ0) is 25.9. The maximum absolute atomic E-state index is 13.6. The van der Waals surface area contributed by atoms with Crippen molar-refractivity contribution in [3.05, 3.63) is 75.5 Å². The number of aliphatic hydroxyl groups excluding tert-OH is 2. The van der Waals surface area contributed by atoms with Crippen molar-refractivity contribution in [2.24, 2.45) is 24.6 Å². The van der Waals surface area contributed by atoms with Gasteiger partial charge >= 0.3 is 0 Å². The van der Waals surface area contributed by atoms with E-state index in [1.54, 1.807) is 6.07 Å². The van der Waals surface area contributed by atoms with E-state index in [1.807, 2.05) is 29.9 Å². The minimum atomic E-state index is -2.56. The van der Waals surface area contributed by atoms with E-state index in [0.717, 1.165) is 11.3 Å². The highest BCUT2D eigenvalue weighted by atomic mass is 16.3. The number of nitrogens with one attached hydrogen (secondary N) is 1. The summed E-state index contributed by atoms with van der Waals surface area (Å²) in [5, 5.41) is 46.5. The predicted octanol–water partition coefficient (Wildman–Crippen LogP) is 1.21. The number of allylic oxidation sites excluding steroid dienone is 2. The van der Waals surface area contributed by atoms with Gasteiger partial charge in [-0.25, -0.2) is 0 Å². The smallest absolute Gasteiger partial charge is 0.255 e. The summed E-state index contributed by atoms with van der Waals surface area (Å²) < 4.78 is 1.99. The maximum Gasteiger partial charge on any atom is 0.255 e. The lowest BCUT2D eigenvalue weighted by atomic mass is 9.60. The van der Waals surface area contributed by atoms with Gasteiger partial charge in [0.1, 0.15) is 22.8 Å². The molecule has 10 nitrogen and oxygen atoms in total. The number of nitrogens with two attached hydrogens (primary N) is 1. The Morgan fingerprint density at radius 1 is 1.17 bits per heavy atom. The Morgan fingerprint density at radius 2 is 1.92 bits per heavy atom. The monoisotopic (exact) mass is 493 g/mol. The van der Waals surface area contributed by atoms with Gasteiger partial charge in [0.2, 0.25) is 5.78 Å². The van der Waals surface area contributed by atoms with Crippen molar-refractivity contribution < 1.29 is 34.8 Å². The summed E-state index contributed by atoms with van der Waals surface area (Å²) in [5.74, 6) is -6.29. The van der Waals surface area contributed by atoms with Crippen molar-refractivity contribution >= 4 is 17.5 Å². The molecule has 0 radical (unpaired) electrons. The summed E-state index contributed by atoms with van der Waals surface area (Å²) in [6, 6.07) is 7.08. The average molecular weight is 494 g/mol. The number of phenolic OH excluding ortho intramolecular Hbond substituents is 1. The van der Waals surface area contributed by atoms with Crippen LogP contribution >= 0.6 is 0 Å². The Bertz CT molecular complexity index is 1390. The Kier molecular flexibility index (Phi) is 5.53. The molecule has 0 saturated heterocycles. The Morgan fingerprint density at radius 3 is 2.58 bits per heavy atom. The third-order valence-electron chi connectivity index (χ3n) is 7.72. The van der Waals surface area contributed by atoms with Crippen LogP contribution < -0.4 is 11.1 Å². The van der Waals surface area contributed by atoms with Crippen LogP contribution in [0, 0.1) is 11.8 Å². The quantitative estimate of drug-likeness (QED) is 0.337. The fourth-order valence-corrected chi connectivity index (χ4v) is 5.85. The lowest BCUT2D eigenvalue weighted by molar-refractivity contribution is -0.144. The van der Waals surface area contributed by atoms with E-state index in [4.69, 9.17) is 5.73 Å². The van der Waals surface area contributed by atoms with Gasteiger partial charge in [-0.2, -0.15) is 0 Å². The van der Waals surface area contributed by atoms with Gasteiger partial charge in [-0.15, -0.1) is 0 Å². The number of rotatable bonds is 5. The third kappa shape index (κ3) is 3.36. The van der Waals surface area contributed by atoms with Crippen molar-refractivity contribution in [2.45, 2.75) is 38.0 Å². The van der Waals surface area contributed by atoms with Gasteiger partial charge in [0.25, 0.3) is 5.91 Å². The van der Waals surface area contributed by atoms with Crippen LogP contribution in [0.15, 0.2) is 53.1 Å². The van der Waals surface area contributed by atoms with Crippen LogP contribution in [-0.2, 0) is 36.1 Å². The Labute approximate surface area is 206 Å². The molecule has 0 fully saturated rings. The highest BCUT2D eigenvalue weighted by Gasteiger charge is 2.59. The zero-order valence-electron chi connectivity index (χ0n) is 19.6. The number of ketones is 2. The third-order valence-corrected chi connectivity index (χ3v) is 7.72. The number of hydrogen-bond donors (Lipinski definition) is 6. The second-order valence-electron chi connectivity index (χ2n) is 9.72. The first kappa shape index (κ1) is 23.8. The Hall–Kier alpha value is -3.89. The molecule has 0 unspecified atom stereocenters. The van der Waals surface area contributed by atoms with Crippen LogP contribution in [0.3, 0.4) is 0 Å². The van der Waals surface area contributed by atoms with Gasteiger partial charge in [0.15, 0.2) is 11.4 Å². The number of hydrogen-bond acceptors (Lipinski definition) is 8. The molecule has 36 heavy (non-hydrogen) atoms. The van der Waals surface area contributed by atoms with E-state index in [0.29, 0.717) is 18.7 Å². The summed E-state index contributed by atoms with van der Waals surface area (Å²) in [7, 11) is 1.94. The lowest BCUT2D eigenvalue weighted by Gasteiger charge is -2.45. The van der Waals surface area contributed by atoms with Crippen molar-refractivity contribution in [3.8, 4) is 5.75 Å². The second-order valence-corrected chi connectivity index (χ2v) is 9.72. The summed E-state index contributed by atoms with van der Waals surface area (Å²) in [5.41, 5.74) is 4.25. The van der Waals surface area contributed by atoms with Crippen LogP contribution in [0.25, 0.3) is 0 Å². The molecule has 1 aromatic carbocycles. The summed E-state index contributed by atoms with van der Waals surface area (Å²) in [6.45, 7) is 1.02. The number of fused-ring (bicyclic) bond motifs is 3. The van der Waals surface area contributed by atoms with E-state index in [9.17, 15) is 34.8 Å². The standard InChI is InChI=1S/C26H27N3O7/c1-29-6-2-3-15(29)11-28-10-12-4-5-17(30)20-16(12)8-13-7-14-9-18(31)21(25(27)35)24(34)26(14,36)23(33)19(13)22(20)32/h2-6,13-14,28,30-31,33,36H,7-11H2,1H3,(H2,27,35)/t13-,14+,26+/m1/s1. The molecule has 3 aliphatic rings. The molecule has 10 heteroatoms. The van der Waals surface area contributed by atoms with E-state index < -0.39 is 52.0 Å². The number of aliphatic hydroxyl groups is 3. The number of aryl methyl sites for hydroxylation is 1. The first-order chi connectivity index (χ1) is 17.1. The topological polar surface area (TPSA) is 175 Å². The highest BCUT2D eigenvalue weighted by molar-refractivity contribution is 6.24. The van der Waals surface area contributed by atoms with Gasteiger partial charge in [-0.1, -0.05) is 6.07 Å². The molecule has 5 rings (SSSR count). The van der Waals surface area contributed by atoms with Crippen LogP contribution in [0.5, 0.6) is 5.75 Å². The number of aromatic hydroxyl groups is 1. The SMILES string of the molecule is Cn1cccc1CNCc1ccc(O)c2c1C[C@H]1C[C@H]3CC(O)=C(C(N)=O)C(=O)[C@@]3(O)C(O)=C1C2=O. The van der Waals surface area contributed by atoms with E-state index in [2.05, 4.69) is 5.32 Å². The molecule has 3 atom stereocenters. The van der Waals surface area contributed by atoms with Crippen LogP contribution in [-0.4, -0.2) is 48.1 Å². The molecule has 188 valence electrons. The number of amides is 1. The molecular weight excluding hydrogens is 466 g/mol. The first-order valence-electron chi connectivity index (χ1n) is 11.7. The molecule has 2 aromatic rings. The molecule has 0 bridgehead atoms. The number of nitrogens with zero attached hydrogens (tertiary/aromatic N) is 1. The number of phenols is 1. The Balaban J connectivity index is 1.52. The minimum absolute atomic E-state index is 0.0183. The molecule has 0 aliphatic heterocycles. The van der Waals surface area contributed by atoms with Crippen molar-refractivity contribution in [1.29, 1.82) is 0 Å². The van der Waals surface area contributed by atoms with E-state index in [1.165, 1.54) is 6.07 Å².